The first-order chi connectivity index (χ1) is 47.1. The van der Waals surface area contributed by atoms with Crippen LogP contribution in [-0.2, 0) is 9.47 Å². The number of aliphatic hydroxyl groups excluding tert-OH is 5. The number of aliphatic hydroxyl groups is 5. The minimum Gasteiger partial charge on any atom is -0.392 e. The molecular formula is C84H173N5O7. The number of nitrogens with zero attached hydrogens (tertiary/aromatic N) is 5. The third kappa shape index (κ3) is 65.5. The fourth-order valence-electron chi connectivity index (χ4n) is 14.6. The average molecular weight is 1370 g/mol. The van der Waals surface area contributed by atoms with Crippen LogP contribution in [0.15, 0.2) is 0 Å². The van der Waals surface area contributed by atoms with Gasteiger partial charge in [0.1, 0.15) is 0 Å². The van der Waals surface area contributed by atoms with Crippen molar-refractivity contribution < 1.29 is 35.0 Å². The highest BCUT2D eigenvalue weighted by atomic mass is 16.5. The molecule has 0 aromatic carbocycles. The predicted molar refractivity (Wildman–Crippen MR) is 416 cm³/mol. The lowest BCUT2D eigenvalue weighted by Crippen LogP contribution is -2.49. The van der Waals surface area contributed by atoms with Crippen LogP contribution >= 0.6 is 0 Å². The highest BCUT2D eigenvalue weighted by molar-refractivity contribution is 4.76. The third-order valence-electron chi connectivity index (χ3n) is 21.2. The van der Waals surface area contributed by atoms with Gasteiger partial charge in [-0.15, -0.1) is 0 Å². The summed E-state index contributed by atoms with van der Waals surface area (Å²) in [4.78, 5) is 12.1. The zero-order valence-electron chi connectivity index (χ0n) is 65.5. The first kappa shape index (κ1) is 93.5. The quantitative estimate of drug-likeness (QED) is 0.0371. The largest absolute Gasteiger partial charge is 0.392 e. The first-order valence-corrected chi connectivity index (χ1v) is 43.3. The molecule has 5 N–H and O–H groups in total. The second kappa shape index (κ2) is 74.2. The van der Waals surface area contributed by atoms with Crippen molar-refractivity contribution in [2.45, 2.75) is 418 Å². The van der Waals surface area contributed by atoms with Crippen molar-refractivity contribution in [2.24, 2.45) is 0 Å². The summed E-state index contributed by atoms with van der Waals surface area (Å²) in [5.74, 6) is 0. The molecule has 5 atom stereocenters. The maximum atomic E-state index is 11.5. The number of hydrogen-bond donors (Lipinski definition) is 5. The van der Waals surface area contributed by atoms with E-state index in [1.54, 1.807) is 0 Å². The summed E-state index contributed by atoms with van der Waals surface area (Å²) in [6.45, 7) is 26.1. The van der Waals surface area contributed by atoms with E-state index in [4.69, 9.17) is 9.47 Å². The van der Waals surface area contributed by atoms with E-state index in [1.165, 1.54) is 289 Å². The monoisotopic (exact) mass is 1360 g/mol. The molecule has 0 aromatic rings. The van der Waals surface area contributed by atoms with Gasteiger partial charge in [-0.1, -0.05) is 356 Å². The molecule has 96 heavy (non-hydrogen) atoms. The molecule has 1 heterocycles. The Morgan fingerprint density at radius 3 is 0.656 bits per heavy atom. The molecule has 1 aliphatic rings. The van der Waals surface area contributed by atoms with Gasteiger partial charge < -0.3 is 35.0 Å². The van der Waals surface area contributed by atoms with Crippen LogP contribution in [-0.4, -0.2) is 205 Å². The molecule has 0 aliphatic carbocycles. The number of piperazine rings is 1. The molecule has 1 fully saturated rings. The molecule has 0 aromatic heterocycles. The van der Waals surface area contributed by atoms with E-state index in [2.05, 4.69) is 59.1 Å². The highest BCUT2D eigenvalue weighted by Gasteiger charge is 2.21. The zero-order chi connectivity index (χ0) is 69.5. The third-order valence-corrected chi connectivity index (χ3v) is 21.2. The van der Waals surface area contributed by atoms with Crippen molar-refractivity contribution in [1.82, 2.24) is 24.5 Å². The Balaban J connectivity index is 2.78. The van der Waals surface area contributed by atoms with E-state index < -0.39 is 12.2 Å². The van der Waals surface area contributed by atoms with Gasteiger partial charge in [-0.25, -0.2) is 0 Å². The number of hydrogen-bond acceptors (Lipinski definition) is 12. The summed E-state index contributed by atoms with van der Waals surface area (Å²) in [6, 6.07) is 0. The molecule has 1 rings (SSSR count). The molecule has 0 radical (unpaired) electrons. The Morgan fingerprint density at radius 1 is 0.229 bits per heavy atom. The van der Waals surface area contributed by atoms with Crippen molar-refractivity contribution in [3.05, 3.63) is 0 Å². The van der Waals surface area contributed by atoms with Crippen LogP contribution in [0.2, 0.25) is 0 Å². The summed E-state index contributed by atoms with van der Waals surface area (Å²) in [5.41, 5.74) is 0. The summed E-state index contributed by atoms with van der Waals surface area (Å²) in [6.07, 6.45) is 67.1. The maximum Gasteiger partial charge on any atom is 0.0667 e. The van der Waals surface area contributed by atoms with Gasteiger partial charge in [0.05, 0.1) is 56.9 Å². The lowest BCUT2D eigenvalue weighted by molar-refractivity contribution is 0.0257. The fourth-order valence-corrected chi connectivity index (χ4v) is 14.6. The zero-order valence-corrected chi connectivity index (χ0v) is 65.5. The van der Waals surface area contributed by atoms with Gasteiger partial charge in [-0.3, -0.25) is 24.5 Å². The van der Waals surface area contributed by atoms with E-state index in [1.807, 2.05) is 0 Å². The van der Waals surface area contributed by atoms with Gasteiger partial charge in [0, 0.05) is 98.2 Å². The second-order valence-electron chi connectivity index (χ2n) is 30.9. The maximum absolute atomic E-state index is 11.5. The van der Waals surface area contributed by atoms with Crippen molar-refractivity contribution in [2.75, 3.05) is 125 Å². The van der Waals surface area contributed by atoms with Gasteiger partial charge >= 0.3 is 0 Å². The van der Waals surface area contributed by atoms with E-state index >= 15 is 0 Å². The van der Waals surface area contributed by atoms with Gasteiger partial charge in [0.15, 0.2) is 0 Å². The van der Waals surface area contributed by atoms with Crippen LogP contribution in [0.3, 0.4) is 0 Å². The highest BCUT2D eigenvalue weighted by Crippen LogP contribution is 2.19. The van der Waals surface area contributed by atoms with E-state index in [-0.39, 0.29) is 18.3 Å². The van der Waals surface area contributed by atoms with Crippen molar-refractivity contribution in [1.29, 1.82) is 0 Å². The SMILES string of the molecule is CCCCCCCCCCCCC(O)CN(CCOCCN(CC(O)CCCCCCCCCCCC)CC(O)CCCCCCCCCCCC)CCN1CCN(CCOCCN(CC(O)CCCCCCCCCCCC)CC(O)CCCCCCCCCCCC)CC1. The Kier molecular flexibility index (Phi) is 72.3. The first-order valence-electron chi connectivity index (χ1n) is 43.3. The van der Waals surface area contributed by atoms with Crippen LogP contribution in [0.1, 0.15) is 388 Å². The normalized spacial score (nSPS) is 15.1. The topological polar surface area (TPSA) is 136 Å². The van der Waals surface area contributed by atoms with Crippen LogP contribution in [0, 0.1) is 0 Å². The van der Waals surface area contributed by atoms with Crippen molar-refractivity contribution in [3.63, 3.8) is 0 Å². The fraction of sp³-hybridized carbons (Fsp3) is 1.00. The Hall–Kier alpha value is -0.480. The molecule has 0 amide bonds. The van der Waals surface area contributed by atoms with Crippen LogP contribution in [0.4, 0.5) is 0 Å². The molecule has 0 spiro atoms. The molecule has 12 nitrogen and oxygen atoms in total. The minimum absolute atomic E-state index is 0.341. The molecule has 0 saturated carbocycles. The lowest BCUT2D eigenvalue weighted by Gasteiger charge is -2.36. The summed E-state index contributed by atoms with van der Waals surface area (Å²) in [7, 11) is 0. The second-order valence-corrected chi connectivity index (χ2v) is 30.9. The van der Waals surface area contributed by atoms with E-state index in [0.717, 1.165) is 123 Å². The molecule has 576 valence electrons. The van der Waals surface area contributed by atoms with Gasteiger partial charge in [-0.05, 0) is 32.1 Å². The number of ether oxygens (including phenoxy) is 2. The summed E-state index contributed by atoms with van der Waals surface area (Å²) >= 11 is 0. The molecular weight excluding hydrogens is 1190 g/mol. The van der Waals surface area contributed by atoms with Gasteiger partial charge in [-0.2, -0.15) is 0 Å². The van der Waals surface area contributed by atoms with Crippen LogP contribution < -0.4 is 0 Å². The summed E-state index contributed by atoms with van der Waals surface area (Å²) < 4.78 is 12.8. The smallest absolute Gasteiger partial charge is 0.0667 e. The van der Waals surface area contributed by atoms with Crippen molar-refractivity contribution >= 4 is 0 Å². The lowest BCUT2D eigenvalue weighted by atomic mass is 10.0. The standard InChI is InChI=1S/C84H173N5O7/c1-6-11-16-21-26-31-36-41-46-51-56-80(90)75-87(68-72-96-74-70-89(78-83(93)59-54-49-44-39-34-29-24-19-14-9-4)79-84(94)60-55-50-45-40-35-30-25-20-15-10-5)66-65-85-61-63-86(64-62-85)67-71-95-73-69-88(76-81(91)57-52-47-42-37-32-27-22-17-12-7-2)77-82(92)58-53-48-43-38-33-28-23-18-13-8-3/h80-84,90-94H,6-79H2,1-5H3. The van der Waals surface area contributed by atoms with Gasteiger partial charge in [0.25, 0.3) is 0 Å². The minimum atomic E-state index is -0.391. The molecule has 1 saturated heterocycles. The molecule has 1 aliphatic heterocycles. The molecule has 12 heteroatoms. The Bertz CT molecular complexity index is 1420. The van der Waals surface area contributed by atoms with E-state index in [0.29, 0.717) is 65.7 Å². The number of unbranched alkanes of at least 4 members (excludes halogenated alkanes) is 45. The van der Waals surface area contributed by atoms with Crippen molar-refractivity contribution in [3.8, 4) is 0 Å². The average Bonchev–Trinajstić information content (AvgIpc) is 2.90. The number of rotatable bonds is 80. The molecule has 0 bridgehead atoms. The van der Waals surface area contributed by atoms with E-state index in [9.17, 15) is 25.5 Å². The Morgan fingerprint density at radius 2 is 0.417 bits per heavy atom. The van der Waals surface area contributed by atoms with Crippen LogP contribution in [0.5, 0.6) is 0 Å². The summed E-state index contributed by atoms with van der Waals surface area (Å²) in [5, 5.41) is 56.5. The molecule has 5 unspecified atom stereocenters. The predicted octanol–water partition coefficient (Wildman–Crippen LogP) is 19.9. The van der Waals surface area contributed by atoms with Crippen LogP contribution in [0.25, 0.3) is 0 Å². The van der Waals surface area contributed by atoms with Gasteiger partial charge in [0.2, 0.25) is 0 Å². The Labute approximate surface area is 599 Å².